The molecule has 2 fully saturated rings. The van der Waals surface area contributed by atoms with Crippen molar-refractivity contribution in [3.8, 4) is 0 Å². The topological polar surface area (TPSA) is 35.5 Å². The highest BCUT2D eigenvalue weighted by Crippen LogP contribution is 2.16. The highest BCUT2D eigenvalue weighted by atomic mass is 16.3. The van der Waals surface area contributed by atoms with Gasteiger partial charge in [-0.25, -0.2) is 0 Å². The monoisotopic (exact) mass is 142 g/mol. The van der Waals surface area contributed by atoms with Crippen molar-refractivity contribution < 1.29 is 5.11 Å². The minimum atomic E-state index is -0.0533. The lowest BCUT2D eigenvalue weighted by molar-refractivity contribution is -0.0283. The first-order valence-electron chi connectivity index (χ1n) is 4.02. The van der Waals surface area contributed by atoms with E-state index in [2.05, 4.69) is 10.2 Å². The van der Waals surface area contributed by atoms with Crippen LogP contribution in [0, 0.1) is 0 Å². The highest BCUT2D eigenvalue weighted by Gasteiger charge is 2.31. The van der Waals surface area contributed by atoms with Crippen molar-refractivity contribution >= 4 is 0 Å². The van der Waals surface area contributed by atoms with Gasteiger partial charge in [0, 0.05) is 13.1 Å². The number of hydrogen-bond donors (Lipinski definition) is 2. The number of aliphatic hydroxyl groups is 1. The average Bonchev–Trinajstić information content (AvgIpc) is 2.31. The maximum atomic E-state index is 9.01. The number of β-amino-alcohol motifs (C(OH)–C–C–N with tert-alkyl or cyclic N) is 1. The summed E-state index contributed by atoms with van der Waals surface area (Å²) >= 11 is 0. The van der Waals surface area contributed by atoms with E-state index in [9.17, 15) is 0 Å². The predicted octanol–water partition coefficient (Wildman–Crippen LogP) is -0.628. The molecule has 0 bridgehead atoms. The SMILES string of the molecule is OC1CN(C2CCCN2)C1. The molecular formula is C7H14N2O. The number of rotatable bonds is 1. The van der Waals surface area contributed by atoms with Crippen LogP contribution in [0.3, 0.4) is 0 Å². The Morgan fingerprint density at radius 3 is 2.70 bits per heavy atom. The summed E-state index contributed by atoms with van der Waals surface area (Å²) < 4.78 is 0. The van der Waals surface area contributed by atoms with Gasteiger partial charge in [-0.2, -0.15) is 0 Å². The van der Waals surface area contributed by atoms with E-state index in [1.54, 1.807) is 0 Å². The molecule has 0 amide bonds. The summed E-state index contributed by atoms with van der Waals surface area (Å²) in [5.74, 6) is 0. The van der Waals surface area contributed by atoms with Gasteiger partial charge in [0.15, 0.2) is 0 Å². The zero-order chi connectivity index (χ0) is 6.97. The molecule has 10 heavy (non-hydrogen) atoms. The Hall–Kier alpha value is -0.120. The highest BCUT2D eigenvalue weighted by molar-refractivity contribution is 4.86. The number of likely N-dealkylation sites (tertiary alicyclic amines) is 1. The fraction of sp³-hybridized carbons (Fsp3) is 1.00. The Balaban J connectivity index is 1.78. The Bertz CT molecular complexity index is 117. The third-order valence-electron chi connectivity index (χ3n) is 2.37. The molecule has 1 atom stereocenters. The van der Waals surface area contributed by atoms with E-state index in [1.165, 1.54) is 12.8 Å². The standard InChI is InChI=1S/C7H14N2O/c10-6-4-9(5-6)7-2-1-3-8-7/h6-8,10H,1-5H2. The van der Waals surface area contributed by atoms with Crippen LogP contribution in [0.2, 0.25) is 0 Å². The summed E-state index contributed by atoms with van der Waals surface area (Å²) in [5, 5.41) is 12.4. The molecule has 3 heteroatoms. The maximum absolute atomic E-state index is 9.01. The van der Waals surface area contributed by atoms with Crippen LogP contribution in [0.25, 0.3) is 0 Å². The number of aliphatic hydroxyl groups excluding tert-OH is 1. The lowest BCUT2D eigenvalue weighted by Gasteiger charge is -2.40. The summed E-state index contributed by atoms with van der Waals surface area (Å²) in [7, 11) is 0. The van der Waals surface area contributed by atoms with Gasteiger partial charge in [0.1, 0.15) is 0 Å². The molecule has 3 nitrogen and oxygen atoms in total. The first-order chi connectivity index (χ1) is 4.86. The molecular weight excluding hydrogens is 128 g/mol. The van der Waals surface area contributed by atoms with Crippen LogP contribution >= 0.6 is 0 Å². The van der Waals surface area contributed by atoms with Crippen molar-refractivity contribution in [1.29, 1.82) is 0 Å². The van der Waals surface area contributed by atoms with Crippen LogP contribution in [0.1, 0.15) is 12.8 Å². The molecule has 0 aromatic rings. The summed E-state index contributed by atoms with van der Waals surface area (Å²) in [6, 6.07) is 0. The van der Waals surface area contributed by atoms with Crippen LogP contribution in [-0.2, 0) is 0 Å². The molecule has 2 rings (SSSR count). The molecule has 1 unspecified atom stereocenters. The van der Waals surface area contributed by atoms with Crippen molar-refractivity contribution in [3.05, 3.63) is 0 Å². The van der Waals surface area contributed by atoms with Gasteiger partial charge in [0.25, 0.3) is 0 Å². The van der Waals surface area contributed by atoms with Crippen LogP contribution in [-0.4, -0.2) is 41.9 Å². The molecule has 2 aliphatic rings. The predicted molar refractivity (Wildman–Crippen MR) is 38.6 cm³/mol. The molecule has 0 aliphatic carbocycles. The average molecular weight is 142 g/mol. The lowest BCUT2D eigenvalue weighted by Crippen LogP contribution is -2.58. The molecule has 0 aromatic heterocycles. The van der Waals surface area contributed by atoms with E-state index < -0.39 is 0 Å². The first kappa shape index (κ1) is 6.58. The Morgan fingerprint density at radius 1 is 1.40 bits per heavy atom. The van der Waals surface area contributed by atoms with Gasteiger partial charge in [0.2, 0.25) is 0 Å². The van der Waals surface area contributed by atoms with E-state index in [4.69, 9.17) is 5.11 Å². The van der Waals surface area contributed by atoms with Crippen molar-refractivity contribution in [2.24, 2.45) is 0 Å². The quantitative estimate of drug-likeness (QED) is 0.512. The molecule has 0 radical (unpaired) electrons. The summed E-state index contributed by atoms with van der Waals surface area (Å²) in [6.07, 6.45) is 3.06. The Kier molecular flexibility index (Phi) is 1.64. The minimum absolute atomic E-state index is 0.0533. The lowest BCUT2D eigenvalue weighted by atomic mass is 10.1. The van der Waals surface area contributed by atoms with Gasteiger partial charge in [-0.3, -0.25) is 4.90 Å². The third-order valence-corrected chi connectivity index (χ3v) is 2.37. The normalized spacial score (nSPS) is 36.3. The summed E-state index contributed by atoms with van der Waals surface area (Å²) in [4.78, 5) is 2.30. The van der Waals surface area contributed by atoms with E-state index in [1.807, 2.05) is 0 Å². The van der Waals surface area contributed by atoms with Crippen molar-refractivity contribution in [3.63, 3.8) is 0 Å². The van der Waals surface area contributed by atoms with Crippen LogP contribution in [0.5, 0.6) is 0 Å². The smallest absolute Gasteiger partial charge is 0.0795 e. The molecule has 2 N–H and O–H groups in total. The van der Waals surface area contributed by atoms with E-state index in [0.717, 1.165) is 19.6 Å². The second-order valence-electron chi connectivity index (χ2n) is 3.22. The molecule has 0 spiro atoms. The number of nitrogens with zero attached hydrogens (tertiary/aromatic N) is 1. The van der Waals surface area contributed by atoms with Gasteiger partial charge in [-0.15, -0.1) is 0 Å². The van der Waals surface area contributed by atoms with Crippen LogP contribution < -0.4 is 5.32 Å². The Morgan fingerprint density at radius 2 is 2.20 bits per heavy atom. The zero-order valence-corrected chi connectivity index (χ0v) is 6.08. The van der Waals surface area contributed by atoms with Gasteiger partial charge in [-0.05, 0) is 19.4 Å². The summed E-state index contributed by atoms with van der Waals surface area (Å²) in [5.41, 5.74) is 0. The van der Waals surface area contributed by atoms with Crippen molar-refractivity contribution in [2.75, 3.05) is 19.6 Å². The van der Waals surface area contributed by atoms with E-state index in [0.29, 0.717) is 6.17 Å². The Labute approximate surface area is 61.0 Å². The maximum Gasteiger partial charge on any atom is 0.0795 e. The molecule has 2 aliphatic heterocycles. The third kappa shape index (κ3) is 1.05. The largest absolute Gasteiger partial charge is 0.390 e. The van der Waals surface area contributed by atoms with E-state index in [-0.39, 0.29) is 6.10 Å². The molecule has 2 saturated heterocycles. The fourth-order valence-electron chi connectivity index (χ4n) is 1.72. The van der Waals surface area contributed by atoms with Gasteiger partial charge < -0.3 is 10.4 Å². The van der Waals surface area contributed by atoms with E-state index >= 15 is 0 Å². The second kappa shape index (κ2) is 2.49. The van der Waals surface area contributed by atoms with Gasteiger partial charge >= 0.3 is 0 Å². The first-order valence-corrected chi connectivity index (χ1v) is 4.02. The zero-order valence-electron chi connectivity index (χ0n) is 6.08. The molecule has 58 valence electrons. The number of hydrogen-bond acceptors (Lipinski definition) is 3. The number of nitrogens with one attached hydrogen (secondary N) is 1. The van der Waals surface area contributed by atoms with Crippen LogP contribution in [0.4, 0.5) is 0 Å². The van der Waals surface area contributed by atoms with Crippen molar-refractivity contribution in [2.45, 2.75) is 25.1 Å². The van der Waals surface area contributed by atoms with Crippen LogP contribution in [0.15, 0.2) is 0 Å². The molecule has 0 saturated carbocycles. The molecule has 2 heterocycles. The molecule has 0 aromatic carbocycles. The second-order valence-corrected chi connectivity index (χ2v) is 3.22. The minimum Gasteiger partial charge on any atom is -0.390 e. The fourth-order valence-corrected chi connectivity index (χ4v) is 1.72. The van der Waals surface area contributed by atoms with Gasteiger partial charge in [-0.1, -0.05) is 0 Å². The summed E-state index contributed by atoms with van der Waals surface area (Å²) in [6.45, 7) is 2.90. The van der Waals surface area contributed by atoms with Crippen molar-refractivity contribution in [1.82, 2.24) is 10.2 Å². The van der Waals surface area contributed by atoms with Gasteiger partial charge in [0.05, 0.1) is 12.3 Å².